The fraction of sp³-hybridized carbons (Fsp3) is 0.600. The SMILES string of the molecule is C/C=C(/CCO)CN/C(C)=C\C. The molecule has 0 aliphatic carbocycles. The van der Waals surface area contributed by atoms with Crippen molar-refractivity contribution in [3.05, 3.63) is 23.4 Å². The Morgan fingerprint density at radius 1 is 1.33 bits per heavy atom. The number of rotatable bonds is 5. The Morgan fingerprint density at radius 3 is 2.42 bits per heavy atom. The Hall–Kier alpha value is -0.760. The molecule has 0 radical (unpaired) electrons. The highest BCUT2D eigenvalue weighted by Crippen LogP contribution is 1.99. The van der Waals surface area contributed by atoms with E-state index in [1.807, 2.05) is 32.9 Å². The molecule has 0 aliphatic heterocycles. The van der Waals surface area contributed by atoms with Gasteiger partial charge in [0.1, 0.15) is 0 Å². The van der Waals surface area contributed by atoms with Crippen LogP contribution in [0.5, 0.6) is 0 Å². The van der Waals surface area contributed by atoms with Crippen molar-refractivity contribution in [3.63, 3.8) is 0 Å². The van der Waals surface area contributed by atoms with Crippen LogP contribution in [0.25, 0.3) is 0 Å². The van der Waals surface area contributed by atoms with Crippen molar-refractivity contribution in [2.75, 3.05) is 13.2 Å². The van der Waals surface area contributed by atoms with Gasteiger partial charge >= 0.3 is 0 Å². The zero-order chi connectivity index (χ0) is 9.40. The lowest BCUT2D eigenvalue weighted by Gasteiger charge is -2.08. The summed E-state index contributed by atoms with van der Waals surface area (Å²) in [5.74, 6) is 0. The predicted molar refractivity (Wildman–Crippen MR) is 52.9 cm³/mol. The minimum Gasteiger partial charge on any atom is -0.396 e. The maximum absolute atomic E-state index is 8.71. The lowest BCUT2D eigenvalue weighted by atomic mass is 10.2. The van der Waals surface area contributed by atoms with E-state index >= 15 is 0 Å². The largest absolute Gasteiger partial charge is 0.396 e. The van der Waals surface area contributed by atoms with Gasteiger partial charge in [-0.2, -0.15) is 0 Å². The smallest absolute Gasteiger partial charge is 0.0468 e. The number of aliphatic hydroxyl groups excluding tert-OH is 1. The second-order valence-corrected chi connectivity index (χ2v) is 2.75. The molecule has 0 aromatic carbocycles. The molecule has 0 saturated carbocycles. The fourth-order valence-corrected chi connectivity index (χ4v) is 0.833. The molecule has 70 valence electrons. The van der Waals surface area contributed by atoms with Gasteiger partial charge in [-0.1, -0.05) is 17.7 Å². The molecule has 0 fully saturated rings. The quantitative estimate of drug-likeness (QED) is 0.615. The van der Waals surface area contributed by atoms with Crippen LogP contribution in [0.2, 0.25) is 0 Å². The molecule has 2 N–H and O–H groups in total. The zero-order valence-corrected chi connectivity index (χ0v) is 8.22. The first-order chi connectivity index (χ1) is 5.74. The Morgan fingerprint density at radius 2 is 2.00 bits per heavy atom. The average molecular weight is 169 g/mol. The van der Waals surface area contributed by atoms with Gasteiger partial charge in [0, 0.05) is 18.8 Å². The number of hydrogen-bond donors (Lipinski definition) is 2. The molecule has 0 aromatic heterocycles. The Labute approximate surface area is 75.0 Å². The van der Waals surface area contributed by atoms with Crippen LogP contribution >= 0.6 is 0 Å². The topological polar surface area (TPSA) is 32.3 Å². The molecule has 0 rings (SSSR count). The molecule has 0 spiro atoms. The molecular weight excluding hydrogens is 150 g/mol. The van der Waals surface area contributed by atoms with Crippen LogP contribution in [-0.2, 0) is 0 Å². The maximum Gasteiger partial charge on any atom is 0.0468 e. The summed E-state index contributed by atoms with van der Waals surface area (Å²) in [5, 5.41) is 12.0. The number of nitrogens with one attached hydrogen (secondary N) is 1. The normalized spacial score (nSPS) is 13.3. The summed E-state index contributed by atoms with van der Waals surface area (Å²) in [6.07, 6.45) is 4.85. The molecule has 0 bridgehead atoms. The first kappa shape index (κ1) is 11.2. The Bertz CT molecular complexity index is 171. The van der Waals surface area contributed by atoms with Crippen molar-refractivity contribution in [3.8, 4) is 0 Å². The van der Waals surface area contributed by atoms with Crippen molar-refractivity contribution in [2.45, 2.75) is 27.2 Å². The van der Waals surface area contributed by atoms with E-state index in [1.165, 1.54) is 11.3 Å². The summed E-state index contributed by atoms with van der Waals surface area (Å²) in [4.78, 5) is 0. The van der Waals surface area contributed by atoms with Gasteiger partial charge in [0.05, 0.1) is 0 Å². The number of aliphatic hydroxyl groups is 1. The molecule has 0 aliphatic rings. The molecule has 0 atom stereocenters. The molecule has 0 amide bonds. The van der Waals surface area contributed by atoms with Crippen LogP contribution in [0.3, 0.4) is 0 Å². The third-order valence-corrected chi connectivity index (χ3v) is 1.87. The van der Waals surface area contributed by atoms with E-state index in [0.717, 1.165) is 13.0 Å². The van der Waals surface area contributed by atoms with Gasteiger partial charge in [-0.25, -0.2) is 0 Å². The van der Waals surface area contributed by atoms with Crippen LogP contribution in [0.4, 0.5) is 0 Å². The summed E-state index contributed by atoms with van der Waals surface area (Å²) in [6.45, 7) is 7.11. The Kier molecular flexibility index (Phi) is 6.48. The summed E-state index contributed by atoms with van der Waals surface area (Å²) in [6, 6.07) is 0. The first-order valence-corrected chi connectivity index (χ1v) is 4.36. The molecule has 0 aromatic rings. The zero-order valence-electron chi connectivity index (χ0n) is 8.22. The highest BCUT2D eigenvalue weighted by Gasteiger charge is 1.94. The summed E-state index contributed by atoms with van der Waals surface area (Å²) >= 11 is 0. The van der Waals surface area contributed by atoms with E-state index in [9.17, 15) is 0 Å². The predicted octanol–water partition coefficient (Wildman–Crippen LogP) is 1.83. The van der Waals surface area contributed by atoms with Gasteiger partial charge in [-0.15, -0.1) is 0 Å². The standard InChI is InChI=1S/C10H19NO/c1-4-9(3)11-8-10(5-2)6-7-12/h4-5,11-12H,6-8H2,1-3H3/b9-4-,10-5-. The molecule has 0 saturated heterocycles. The van der Waals surface area contributed by atoms with Crippen LogP contribution in [0.15, 0.2) is 23.4 Å². The van der Waals surface area contributed by atoms with Crippen molar-refractivity contribution < 1.29 is 5.11 Å². The van der Waals surface area contributed by atoms with E-state index in [2.05, 4.69) is 5.32 Å². The minimum atomic E-state index is 0.232. The lowest BCUT2D eigenvalue weighted by Crippen LogP contribution is -2.15. The van der Waals surface area contributed by atoms with Crippen LogP contribution in [-0.4, -0.2) is 18.3 Å². The van der Waals surface area contributed by atoms with E-state index in [4.69, 9.17) is 5.11 Å². The second kappa shape index (κ2) is 6.92. The summed E-state index contributed by atoms with van der Waals surface area (Å²) in [7, 11) is 0. The Balaban J connectivity index is 3.74. The van der Waals surface area contributed by atoms with E-state index < -0.39 is 0 Å². The van der Waals surface area contributed by atoms with Crippen LogP contribution in [0.1, 0.15) is 27.2 Å². The van der Waals surface area contributed by atoms with E-state index in [1.54, 1.807) is 0 Å². The van der Waals surface area contributed by atoms with Gasteiger partial charge in [0.2, 0.25) is 0 Å². The third kappa shape index (κ3) is 4.97. The van der Waals surface area contributed by atoms with E-state index in [0.29, 0.717) is 0 Å². The van der Waals surface area contributed by atoms with Crippen molar-refractivity contribution in [1.82, 2.24) is 5.32 Å². The molecule has 0 heterocycles. The van der Waals surface area contributed by atoms with Crippen molar-refractivity contribution in [1.29, 1.82) is 0 Å². The van der Waals surface area contributed by atoms with Crippen molar-refractivity contribution >= 4 is 0 Å². The summed E-state index contributed by atoms with van der Waals surface area (Å²) in [5.41, 5.74) is 2.42. The minimum absolute atomic E-state index is 0.232. The second-order valence-electron chi connectivity index (χ2n) is 2.75. The maximum atomic E-state index is 8.71. The molecular formula is C10H19NO. The van der Waals surface area contributed by atoms with Crippen LogP contribution in [0, 0.1) is 0 Å². The van der Waals surface area contributed by atoms with Gasteiger partial charge in [-0.05, 0) is 27.2 Å². The fourth-order valence-electron chi connectivity index (χ4n) is 0.833. The monoisotopic (exact) mass is 169 g/mol. The lowest BCUT2D eigenvalue weighted by molar-refractivity contribution is 0.298. The average Bonchev–Trinajstić information content (AvgIpc) is 2.11. The van der Waals surface area contributed by atoms with Gasteiger partial charge in [0.25, 0.3) is 0 Å². The molecule has 0 unspecified atom stereocenters. The number of allylic oxidation sites excluding steroid dienone is 3. The molecule has 12 heavy (non-hydrogen) atoms. The first-order valence-electron chi connectivity index (χ1n) is 4.36. The van der Waals surface area contributed by atoms with Gasteiger partial charge in [-0.3, -0.25) is 0 Å². The van der Waals surface area contributed by atoms with Gasteiger partial charge in [0.15, 0.2) is 0 Å². The number of hydrogen-bond acceptors (Lipinski definition) is 2. The van der Waals surface area contributed by atoms with Gasteiger partial charge < -0.3 is 10.4 Å². The molecule has 2 heteroatoms. The molecule has 2 nitrogen and oxygen atoms in total. The summed E-state index contributed by atoms with van der Waals surface area (Å²) < 4.78 is 0. The van der Waals surface area contributed by atoms with Crippen LogP contribution < -0.4 is 5.32 Å². The third-order valence-electron chi connectivity index (χ3n) is 1.87. The highest BCUT2D eigenvalue weighted by atomic mass is 16.2. The van der Waals surface area contributed by atoms with E-state index in [-0.39, 0.29) is 6.61 Å². The highest BCUT2D eigenvalue weighted by molar-refractivity contribution is 5.06. The van der Waals surface area contributed by atoms with Crippen molar-refractivity contribution in [2.24, 2.45) is 0 Å².